The van der Waals surface area contributed by atoms with Crippen molar-refractivity contribution in [3.05, 3.63) is 82.1 Å². The van der Waals surface area contributed by atoms with Crippen molar-refractivity contribution in [3.8, 4) is 0 Å². The number of nitrogens with one attached hydrogen (secondary N) is 2. The average molecular weight is 381 g/mol. The summed E-state index contributed by atoms with van der Waals surface area (Å²) in [6.07, 6.45) is 2.38. The van der Waals surface area contributed by atoms with E-state index in [4.69, 9.17) is 11.6 Å². The van der Waals surface area contributed by atoms with E-state index in [0.29, 0.717) is 18.2 Å². The fourth-order valence-corrected chi connectivity index (χ4v) is 2.81. The Balaban J connectivity index is 1.60. The van der Waals surface area contributed by atoms with Crippen LogP contribution in [0.2, 0.25) is 5.02 Å². The number of aryl methyl sites for hydroxylation is 2. The van der Waals surface area contributed by atoms with Crippen LogP contribution in [0.5, 0.6) is 0 Å². The Morgan fingerprint density at radius 1 is 1.07 bits per heavy atom. The number of aromatic nitrogens is 2. The van der Waals surface area contributed by atoms with Crippen LogP contribution < -0.4 is 10.6 Å². The number of hydrogen-bond acceptors (Lipinski definition) is 4. The SMILES string of the molecule is Cc1ccc(NC(=O)c2ccnc(NCCc3ccc(Cl)cc3)n2)c(C)c1. The van der Waals surface area contributed by atoms with Crippen molar-refractivity contribution in [1.29, 1.82) is 0 Å². The van der Waals surface area contributed by atoms with Gasteiger partial charge in [-0.25, -0.2) is 9.97 Å². The predicted octanol–water partition coefficient (Wildman–Crippen LogP) is 4.65. The first-order valence-electron chi connectivity index (χ1n) is 8.71. The summed E-state index contributed by atoms with van der Waals surface area (Å²) in [6.45, 7) is 4.64. The van der Waals surface area contributed by atoms with Gasteiger partial charge in [0.2, 0.25) is 5.95 Å². The van der Waals surface area contributed by atoms with Gasteiger partial charge in [-0.05, 0) is 55.7 Å². The Bertz CT molecular complexity index is 941. The van der Waals surface area contributed by atoms with Gasteiger partial charge in [-0.15, -0.1) is 0 Å². The van der Waals surface area contributed by atoms with Crippen molar-refractivity contribution < 1.29 is 4.79 Å². The molecule has 1 aromatic heterocycles. The van der Waals surface area contributed by atoms with Gasteiger partial charge in [0.15, 0.2) is 0 Å². The zero-order valence-corrected chi connectivity index (χ0v) is 16.0. The molecule has 0 radical (unpaired) electrons. The molecule has 0 fully saturated rings. The molecule has 0 aliphatic carbocycles. The largest absolute Gasteiger partial charge is 0.354 e. The lowest BCUT2D eigenvalue weighted by Crippen LogP contribution is -2.16. The smallest absolute Gasteiger partial charge is 0.274 e. The minimum Gasteiger partial charge on any atom is -0.354 e. The van der Waals surface area contributed by atoms with Crippen molar-refractivity contribution in [3.63, 3.8) is 0 Å². The summed E-state index contributed by atoms with van der Waals surface area (Å²) in [6, 6.07) is 15.2. The summed E-state index contributed by atoms with van der Waals surface area (Å²) >= 11 is 5.89. The number of hydrogen-bond donors (Lipinski definition) is 2. The van der Waals surface area contributed by atoms with Crippen LogP contribution in [-0.4, -0.2) is 22.4 Å². The number of rotatable bonds is 6. The highest BCUT2D eigenvalue weighted by Crippen LogP contribution is 2.17. The topological polar surface area (TPSA) is 66.9 Å². The Morgan fingerprint density at radius 3 is 2.59 bits per heavy atom. The maximum Gasteiger partial charge on any atom is 0.274 e. The molecule has 0 spiro atoms. The van der Waals surface area contributed by atoms with E-state index in [9.17, 15) is 4.79 Å². The molecule has 1 amide bonds. The molecule has 2 aromatic carbocycles. The molecule has 3 rings (SSSR count). The van der Waals surface area contributed by atoms with Crippen LogP contribution in [-0.2, 0) is 6.42 Å². The fourth-order valence-electron chi connectivity index (χ4n) is 2.68. The number of benzene rings is 2. The van der Waals surface area contributed by atoms with E-state index >= 15 is 0 Å². The summed E-state index contributed by atoms with van der Waals surface area (Å²) in [5, 5.41) is 6.77. The van der Waals surface area contributed by atoms with Crippen LogP contribution in [0, 0.1) is 13.8 Å². The number of halogens is 1. The van der Waals surface area contributed by atoms with Gasteiger partial charge >= 0.3 is 0 Å². The summed E-state index contributed by atoms with van der Waals surface area (Å²) in [5.74, 6) is 0.169. The lowest BCUT2D eigenvalue weighted by atomic mass is 10.1. The Kier molecular flexibility index (Phi) is 6.04. The monoisotopic (exact) mass is 380 g/mol. The molecule has 3 aromatic rings. The number of amides is 1. The van der Waals surface area contributed by atoms with Crippen LogP contribution in [0.4, 0.5) is 11.6 Å². The maximum atomic E-state index is 12.5. The highest BCUT2D eigenvalue weighted by Gasteiger charge is 2.10. The number of anilines is 2. The highest BCUT2D eigenvalue weighted by molar-refractivity contribution is 6.30. The predicted molar refractivity (Wildman–Crippen MR) is 110 cm³/mol. The van der Waals surface area contributed by atoms with Gasteiger partial charge in [-0.2, -0.15) is 0 Å². The second kappa shape index (κ2) is 8.64. The molecule has 0 aliphatic rings. The number of carbonyl (C=O) groups is 1. The van der Waals surface area contributed by atoms with Crippen molar-refractivity contribution in [2.45, 2.75) is 20.3 Å². The number of carbonyl (C=O) groups excluding carboxylic acids is 1. The van der Waals surface area contributed by atoms with E-state index in [1.54, 1.807) is 12.3 Å². The summed E-state index contributed by atoms with van der Waals surface area (Å²) in [4.78, 5) is 21.0. The molecule has 27 heavy (non-hydrogen) atoms. The third kappa shape index (κ3) is 5.28. The average Bonchev–Trinajstić information content (AvgIpc) is 2.66. The molecule has 5 nitrogen and oxygen atoms in total. The second-order valence-electron chi connectivity index (χ2n) is 6.34. The lowest BCUT2D eigenvalue weighted by Gasteiger charge is -2.10. The van der Waals surface area contributed by atoms with Crippen LogP contribution in [0.15, 0.2) is 54.7 Å². The molecule has 138 valence electrons. The third-order valence-corrected chi connectivity index (χ3v) is 4.38. The van der Waals surface area contributed by atoms with E-state index in [1.807, 2.05) is 56.3 Å². The summed E-state index contributed by atoms with van der Waals surface area (Å²) < 4.78 is 0. The molecule has 0 saturated heterocycles. The van der Waals surface area contributed by atoms with Crippen molar-refractivity contribution in [2.75, 3.05) is 17.2 Å². The van der Waals surface area contributed by atoms with Crippen molar-refractivity contribution >= 4 is 29.1 Å². The molecule has 0 atom stereocenters. The molecule has 2 N–H and O–H groups in total. The lowest BCUT2D eigenvalue weighted by molar-refractivity contribution is 0.102. The molecule has 0 bridgehead atoms. The van der Waals surface area contributed by atoms with Crippen LogP contribution >= 0.6 is 11.6 Å². The van der Waals surface area contributed by atoms with E-state index in [2.05, 4.69) is 20.6 Å². The van der Waals surface area contributed by atoms with Crippen LogP contribution in [0.25, 0.3) is 0 Å². The Morgan fingerprint density at radius 2 is 1.85 bits per heavy atom. The Hall–Kier alpha value is -2.92. The standard InChI is InChI=1S/C21H21ClN4O/c1-14-3-8-18(15(2)13-14)25-20(27)19-10-12-24-21(26-19)23-11-9-16-4-6-17(22)7-5-16/h3-8,10,12-13H,9,11H2,1-2H3,(H,25,27)(H,23,24,26). The molecule has 1 heterocycles. The molecule has 6 heteroatoms. The van der Waals surface area contributed by atoms with Crippen molar-refractivity contribution in [2.24, 2.45) is 0 Å². The third-order valence-electron chi connectivity index (χ3n) is 4.13. The van der Waals surface area contributed by atoms with E-state index < -0.39 is 0 Å². The first-order chi connectivity index (χ1) is 13.0. The highest BCUT2D eigenvalue weighted by atomic mass is 35.5. The normalized spacial score (nSPS) is 10.5. The first kappa shape index (κ1) is 18.9. The molecule has 0 aliphatic heterocycles. The van der Waals surface area contributed by atoms with Crippen LogP contribution in [0.1, 0.15) is 27.2 Å². The minimum atomic E-state index is -0.259. The zero-order chi connectivity index (χ0) is 19.2. The fraction of sp³-hybridized carbons (Fsp3) is 0.190. The van der Waals surface area contributed by atoms with Gasteiger partial charge in [0, 0.05) is 23.5 Å². The maximum absolute atomic E-state index is 12.5. The van der Waals surface area contributed by atoms with Crippen LogP contribution in [0.3, 0.4) is 0 Å². The quantitative estimate of drug-likeness (QED) is 0.653. The first-order valence-corrected chi connectivity index (χ1v) is 9.09. The van der Waals surface area contributed by atoms with E-state index in [1.165, 1.54) is 0 Å². The zero-order valence-electron chi connectivity index (χ0n) is 15.3. The Labute approximate surface area is 163 Å². The molecular formula is C21H21ClN4O. The minimum absolute atomic E-state index is 0.259. The van der Waals surface area contributed by atoms with Crippen molar-refractivity contribution in [1.82, 2.24) is 9.97 Å². The van der Waals surface area contributed by atoms with Gasteiger partial charge in [0.05, 0.1) is 0 Å². The van der Waals surface area contributed by atoms with E-state index in [0.717, 1.165) is 33.8 Å². The van der Waals surface area contributed by atoms with Gasteiger partial charge < -0.3 is 10.6 Å². The van der Waals surface area contributed by atoms with Gasteiger partial charge in [-0.3, -0.25) is 4.79 Å². The summed E-state index contributed by atoms with van der Waals surface area (Å²) in [5.41, 5.74) is 4.43. The van der Waals surface area contributed by atoms with E-state index in [-0.39, 0.29) is 5.91 Å². The second-order valence-corrected chi connectivity index (χ2v) is 6.78. The molecule has 0 unspecified atom stereocenters. The van der Waals surface area contributed by atoms with Gasteiger partial charge in [0.25, 0.3) is 5.91 Å². The number of nitrogens with zero attached hydrogens (tertiary/aromatic N) is 2. The van der Waals surface area contributed by atoms with Gasteiger partial charge in [-0.1, -0.05) is 41.4 Å². The molecular weight excluding hydrogens is 360 g/mol. The molecule has 0 saturated carbocycles. The van der Waals surface area contributed by atoms with Gasteiger partial charge in [0.1, 0.15) is 5.69 Å². The summed E-state index contributed by atoms with van der Waals surface area (Å²) in [7, 11) is 0.